The first kappa shape index (κ1) is 11.5. The molecule has 1 unspecified atom stereocenters. The van der Waals surface area contributed by atoms with Crippen LogP contribution in [0.25, 0.3) is 0 Å². The molecular weight excluding hydrogens is 230 g/mol. The number of aliphatic hydroxyl groups excluding tert-OH is 1. The zero-order valence-electron chi connectivity index (χ0n) is 9.00. The average molecular weight is 244 g/mol. The molecule has 88 valence electrons. The van der Waals surface area contributed by atoms with Crippen molar-refractivity contribution in [1.82, 2.24) is 0 Å². The van der Waals surface area contributed by atoms with Crippen molar-refractivity contribution in [2.45, 2.75) is 13.0 Å². The molecule has 0 saturated carbocycles. The quantitative estimate of drug-likeness (QED) is 0.825. The van der Waals surface area contributed by atoms with Gasteiger partial charge in [-0.2, -0.15) is 0 Å². The van der Waals surface area contributed by atoms with Gasteiger partial charge < -0.3 is 20.3 Å². The van der Waals surface area contributed by atoms with Gasteiger partial charge in [0.1, 0.15) is 13.2 Å². The molecule has 1 aliphatic rings. The first-order chi connectivity index (χ1) is 7.65. The van der Waals surface area contributed by atoms with E-state index < -0.39 is 6.10 Å². The maximum Gasteiger partial charge on any atom is 0.165 e. The number of halogens is 1. The van der Waals surface area contributed by atoms with Gasteiger partial charge in [0.05, 0.1) is 11.1 Å². The molecule has 0 radical (unpaired) electrons. The van der Waals surface area contributed by atoms with E-state index in [9.17, 15) is 5.11 Å². The van der Waals surface area contributed by atoms with Gasteiger partial charge in [-0.25, -0.2) is 0 Å². The number of ether oxygens (including phenoxy) is 2. The minimum absolute atomic E-state index is 0.124. The van der Waals surface area contributed by atoms with Gasteiger partial charge in [0.15, 0.2) is 11.5 Å². The summed E-state index contributed by atoms with van der Waals surface area (Å²) in [6.45, 7) is 2.98. The highest BCUT2D eigenvalue weighted by Crippen LogP contribution is 2.41. The van der Waals surface area contributed by atoms with Crippen molar-refractivity contribution in [1.29, 1.82) is 0 Å². The minimum Gasteiger partial charge on any atom is -0.486 e. The fraction of sp³-hybridized carbons (Fsp3) is 0.455. The van der Waals surface area contributed by atoms with Gasteiger partial charge in [-0.15, -0.1) is 0 Å². The van der Waals surface area contributed by atoms with Crippen molar-refractivity contribution in [2.75, 3.05) is 19.8 Å². The lowest BCUT2D eigenvalue weighted by Gasteiger charge is -2.23. The van der Waals surface area contributed by atoms with Crippen LogP contribution in [-0.2, 0) is 0 Å². The topological polar surface area (TPSA) is 64.7 Å². The zero-order valence-corrected chi connectivity index (χ0v) is 9.75. The van der Waals surface area contributed by atoms with E-state index >= 15 is 0 Å². The Labute approximate surface area is 98.9 Å². The normalized spacial score (nSPS) is 16.0. The van der Waals surface area contributed by atoms with Crippen LogP contribution in [0.15, 0.2) is 6.07 Å². The second-order valence-corrected chi connectivity index (χ2v) is 4.06. The van der Waals surface area contributed by atoms with Crippen molar-refractivity contribution in [2.24, 2.45) is 5.73 Å². The van der Waals surface area contributed by atoms with Crippen molar-refractivity contribution in [3.63, 3.8) is 0 Å². The van der Waals surface area contributed by atoms with Gasteiger partial charge >= 0.3 is 0 Å². The highest BCUT2D eigenvalue weighted by molar-refractivity contribution is 6.32. The third-order valence-corrected chi connectivity index (χ3v) is 3.10. The van der Waals surface area contributed by atoms with Crippen molar-refractivity contribution >= 4 is 11.6 Å². The van der Waals surface area contributed by atoms with Crippen LogP contribution in [0.1, 0.15) is 17.2 Å². The number of nitrogens with two attached hydrogens (primary N) is 1. The Balaban J connectivity index is 2.52. The predicted octanol–water partition coefficient (Wildman–Crippen LogP) is 1.41. The van der Waals surface area contributed by atoms with E-state index in [-0.39, 0.29) is 6.54 Å². The fourth-order valence-corrected chi connectivity index (χ4v) is 1.99. The van der Waals surface area contributed by atoms with Crippen LogP contribution < -0.4 is 15.2 Å². The van der Waals surface area contributed by atoms with Gasteiger partial charge in [-0.1, -0.05) is 11.6 Å². The lowest BCUT2D eigenvalue weighted by molar-refractivity contribution is 0.165. The van der Waals surface area contributed by atoms with Gasteiger partial charge in [-0.05, 0) is 13.0 Å². The molecule has 1 atom stereocenters. The zero-order chi connectivity index (χ0) is 11.7. The van der Waals surface area contributed by atoms with Crippen LogP contribution in [0.2, 0.25) is 5.02 Å². The number of benzene rings is 1. The summed E-state index contributed by atoms with van der Waals surface area (Å²) in [5.74, 6) is 1.28. The Morgan fingerprint density at radius 3 is 2.88 bits per heavy atom. The monoisotopic (exact) mass is 243 g/mol. The summed E-state index contributed by atoms with van der Waals surface area (Å²) in [7, 11) is 0. The van der Waals surface area contributed by atoms with Gasteiger partial charge in [0.25, 0.3) is 0 Å². The number of hydrogen-bond donors (Lipinski definition) is 2. The van der Waals surface area contributed by atoms with Crippen LogP contribution in [-0.4, -0.2) is 24.9 Å². The number of rotatable bonds is 2. The fourth-order valence-electron chi connectivity index (χ4n) is 1.72. The largest absolute Gasteiger partial charge is 0.486 e. The second kappa shape index (κ2) is 4.49. The molecule has 1 aliphatic heterocycles. The number of aliphatic hydroxyl groups is 1. The molecule has 0 saturated heterocycles. The van der Waals surface area contributed by atoms with E-state index in [0.29, 0.717) is 35.3 Å². The molecule has 2 rings (SSSR count). The van der Waals surface area contributed by atoms with E-state index in [4.69, 9.17) is 26.8 Å². The summed E-state index contributed by atoms with van der Waals surface area (Å²) >= 11 is 6.15. The Morgan fingerprint density at radius 2 is 2.19 bits per heavy atom. The van der Waals surface area contributed by atoms with Crippen molar-refractivity contribution < 1.29 is 14.6 Å². The molecule has 16 heavy (non-hydrogen) atoms. The van der Waals surface area contributed by atoms with Crippen LogP contribution >= 0.6 is 11.6 Å². The van der Waals surface area contributed by atoms with Gasteiger partial charge in [-0.3, -0.25) is 0 Å². The third kappa shape index (κ3) is 1.84. The van der Waals surface area contributed by atoms with E-state index in [1.807, 2.05) is 6.92 Å². The lowest BCUT2D eigenvalue weighted by atomic mass is 10.0. The summed E-state index contributed by atoms with van der Waals surface area (Å²) in [6.07, 6.45) is -0.776. The van der Waals surface area contributed by atoms with E-state index in [1.54, 1.807) is 6.07 Å². The number of fused-ring (bicyclic) bond motifs is 1. The molecule has 5 heteroatoms. The molecule has 1 heterocycles. The summed E-state index contributed by atoms with van der Waals surface area (Å²) in [4.78, 5) is 0. The first-order valence-electron chi connectivity index (χ1n) is 5.12. The molecule has 0 aliphatic carbocycles. The Hall–Kier alpha value is -0.970. The molecule has 0 fully saturated rings. The maximum absolute atomic E-state index is 9.73. The molecule has 1 aromatic rings. The van der Waals surface area contributed by atoms with Crippen LogP contribution in [0.3, 0.4) is 0 Å². The van der Waals surface area contributed by atoms with E-state index in [1.165, 1.54) is 0 Å². The van der Waals surface area contributed by atoms with Gasteiger partial charge in [0.2, 0.25) is 0 Å². The molecular formula is C11H14ClNO3. The van der Waals surface area contributed by atoms with Gasteiger partial charge in [0, 0.05) is 17.7 Å². The Morgan fingerprint density at radius 1 is 1.50 bits per heavy atom. The third-order valence-electron chi connectivity index (χ3n) is 2.60. The van der Waals surface area contributed by atoms with E-state index in [0.717, 1.165) is 5.56 Å². The maximum atomic E-state index is 9.73. The average Bonchev–Trinajstić information content (AvgIpc) is 2.33. The molecule has 3 N–H and O–H groups in total. The smallest absolute Gasteiger partial charge is 0.165 e. The molecule has 0 aromatic heterocycles. The standard InChI is InChI=1S/C11H14ClNO3/c1-6-10(12)7(8(14)5-13)4-9-11(6)16-3-2-15-9/h4,8,14H,2-3,5,13H2,1H3. The van der Waals surface area contributed by atoms with Crippen molar-refractivity contribution in [3.05, 3.63) is 22.2 Å². The predicted molar refractivity (Wildman–Crippen MR) is 61.2 cm³/mol. The number of hydrogen-bond acceptors (Lipinski definition) is 4. The summed E-state index contributed by atoms with van der Waals surface area (Å²) in [6, 6.07) is 1.70. The molecule has 4 nitrogen and oxygen atoms in total. The van der Waals surface area contributed by atoms with Crippen LogP contribution in [0, 0.1) is 6.92 Å². The minimum atomic E-state index is -0.776. The molecule has 0 spiro atoms. The Kier molecular flexibility index (Phi) is 3.23. The second-order valence-electron chi connectivity index (χ2n) is 3.68. The summed E-state index contributed by atoms with van der Waals surface area (Å²) < 4.78 is 10.9. The lowest BCUT2D eigenvalue weighted by Crippen LogP contribution is -2.18. The summed E-state index contributed by atoms with van der Waals surface area (Å²) in [5, 5.41) is 10.2. The molecule has 0 bridgehead atoms. The molecule has 0 amide bonds. The highest BCUT2D eigenvalue weighted by atomic mass is 35.5. The highest BCUT2D eigenvalue weighted by Gasteiger charge is 2.22. The van der Waals surface area contributed by atoms with Crippen molar-refractivity contribution in [3.8, 4) is 11.5 Å². The SMILES string of the molecule is Cc1c(Cl)c(C(O)CN)cc2c1OCCO2. The van der Waals surface area contributed by atoms with Crippen LogP contribution in [0.5, 0.6) is 11.5 Å². The van der Waals surface area contributed by atoms with E-state index in [2.05, 4.69) is 0 Å². The summed E-state index contributed by atoms with van der Waals surface area (Å²) in [5.41, 5.74) is 6.79. The first-order valence-corrected chi connectivity index (χ1v) is 5.49. The van der Waals surface area contributed by atoms with Crippen LogP contribution in [0.4, 0.5) is 0 Å². The molecule has 1 aromatic carbocycles. The Bertz CT molecular complexity index is 409.